The topological polar surface area (TPSA) is 44.8 Å². The van der Waals surface area contributed by atoms with E-state index in [1.165, 1.54) is 5.69 Å². The summed E-state index contributed by atoms with van der Waals surface area (Å²) in [7, 11) is 1.68. The van der Waals surface area contributed by atoms with Gasteiger partial charge in [-0.3, -0.25) is 4.79 Å². The Morgan fingerprint density at radius 3 is 2.76 bits per heavy atom. The molecule has 3 rings (SSSR count). The maximum atomic E-state index is 12.4. The van der Waals surface area contributed by atoms with Crippen LogP contribution >= 0.6 is 0 Å². The Hall–Kier alpha value is -1.75. The number of carbonyl (C=O) groups is 1. The second-order valence-electron chi connectivity index (χ2n) is 5.66. The van der Waals surface area contributed by atoms with Gasteiger partial charge in [0.05, 0.1) is 13.2 Å². The summed E-state index contributed by atoms with van der Waals surface area (Å²) in [4.78, 5) is 16.7. The van der Waals surface area contributed by atoms with E-state index in [4.69, 9.17) is 4.74 Å². The predicted molar refractivity (Wildman–Crippen MR) is 82.8 cm³/mol. The zero-order valence-electron chi connectivity index (χ0n) is 12.5. The molecule has 114 valence electrons. The summed E-state index contributed by atoms with van der Waals surface area (Å²) in [5, 5.41) is 3.29. The van der Waals surface area contributed by atoms with Gasteiger partial charge in [0, 0.05) is 37.9 Å². The standard InChI is InChI=1S/C16H23N3O2/c1-21-14-5-2-4-13(12-14)18-8-10-19(11-9-18)16(20)15-6-3-7-17-15/h2,4-5,12,15,17H,3,6-11H2,1H3/t15-/m0/s1. The third kappa shape index (κ3) is 3.13. The van der Waals surface area contributed by atoms with Gasteiger partial charge in [0.25, 0.3) is 0 Å². The predicted octanol–water partition coefficient (Wildman–Crippen LogP) is 1.10. The maximum Gasteiger partial charge on any atom is 0.239 e. The van der Waals surface area contributed by atoms with E-state index in [0.717, 1.165) is 51.3 Å². The van der Waals surface area contributed by atoms with E-state index in [1.54, 1.807) is 7.11 Å². The third-order valence-corrected chi connectivity index (χ3v) is 4.37. The molecule has 2 fully saturated rings. The molecule has 0 unspecified atom stereocenters. The van der Waals surface area contributed by atoms with E-state index in [2.05, 4.69) is 22.3 Å². The first kappa shape index (κ1) is 14.2. The first-order valence-corrected chi connectivity index (χ1v) is 7.69. The monoisotopic (exact) mass is 289 g/mol. The Kier molecular flexibility index (Phi) is 4.29. The van der Waals surface area contributed by atoms with Gasteiger partial charge in [-0.2, -0.15) is 0 Å². The third-order valence-electron chi connectivity index (χ3n) is 4.37. The van der Waals surface area contributed by atoms with Crippen LogP contribution in [-0.2, 0) is 4.79 Å². The highest BCUT2D eigenvalue weighted by molar-refractivity contribution is 5.82. The zero-order valence-corrected chi connectivity index (χ0v) is 12.5. The molecule has 5 heteroatoms. The van der Waals surface area contributed by atoms with Crippen LogP contribution in [0.15, 0.2) is 24.3 Å². The summed E-state index contributed by atoms with van der Waals surface area (Å²) >= 11 is 0. The van der Waals surface area contributed by atoms with Crippen molar-refractivity contribution in [2.75, 3.05) is 44.7 Å². The van der Waals surface area contributed by atoms with Gasteiger partial charge in [0.2, 0.25) is 5.91 Å². The fraction of sp³-hybridized carbons (Fsp3) is 0.562. The van der Waals surface area contributed by atoms with Crippen molar-refractivity contribution in [2.45, 2.75) is 18.9 Å². The van der Waals surface area contributed by atoms with Crippen molar-refractivity contribution in [3.63, 3.8) is 0 Å². The van der Waals surface area contributed by atoms with Gasteiger partial charge in [-0.1, -0.05) is 6.07 Å². The van der Waals surface area contributed by atoms with Crippen molar-refractivity contribution in [1.82, 2.24) is 10.2 Å². The summed E-state index contributed by atoms with van der Waals surface area (Å²) in [6, 6.07) is 8.16. The molecule has 1 aromatic rings. The highest BCUT2D eigenvalue weighted by Crippen LogP contribution is 2.22. The first-order chi connectivity index (χ1) is 10.3. The molecule has 0 bridgehead atoms. The van der Waals surface area contributed by atoms with Crippen molar-refractivity contribution in [1.29, 1.82) is 0 Å². The molecule has 2 heterocycles. The van der Waals surface area contributed by atoms with Crippen LogP contribution < -0.4 is 15.0 Å². The van der Waals surface area contributed by atoms with Crippen LogP contribution in [0.2, 0.25) is 0 Å². The lowest BCUT2D eigenvalue weighted by atomic mass is 10.1. The number of ether oxygens (including phenoxy) is 1. The smallest absolute Gasteiger partial charge is 0.239 e. The van der Waals surface area contributed by atoms with E-state index in [1.807, 2.05) is 17.0 Å². The molecule has 0 aliphatic carbocycles. The number of carbonyl (C=O) groups excluding carboxylic acids is 1. The van der Waals surface area contributed by atoms with Crippen LogP contribution in [0.25, 0.3) is 0 Å². The van der Waals surface area contributed by atoms with Crippen LogP contribution in [-0.4, -0.2) is 56.7 Å². The molecule has 1 atom stereocenters. The van der Waals surface area contributed by atoms with E-state index in [9.17, 15) is 4.79 Å². The Morgan fingerprint density at radius 1 is 1.29 bits per heavy atom. The van der Waals surface area contributed by atoms with Gasteiger partial charge in [0.15, 0.2) is 0 Å². The highest BCUT2D eigenvalue weighted by atomic mass is 16.5. The van der Waals surface area contributed by atoms with Crippen molar-refractivity contribution >= 4 is 11.6 Å². The number of rotatable bonds is 3. The Balaban J connectivity index is 1.58. The molecule has 0 aromatic heterocycles. The van der Waals surface area contributed by atoms with Crippen LogP contribution in [0.4, 0.5) is 5.69 Å². The Labute approximate surface area is 125 Å². The molecule has 21 heavy (non-hydrogen) atoms. The van der Waals surface area contributed by atoms with Gasteiger partial charge >= 0.3 is 0 Å². The SMILES string of the molecule is COc1cccc(N2CCN(C(=O)[C@@H]3CCCN3)CC2)c1. The number of nitrogens with zero attached hydrogens (tertiary/aromatic N) is 2. The average Bonchev–Trinajstić information content (AvgIpc) is 3.09. The minimum Gasteiger partial charge on any atom is -0.497 e. The van der Waals surface area contributed by atoms with E-state index >= 15 is 0 Å². The molecule has 1 amide bonds. The van der Waals surface area contributed by atoms with Crippen LogP contribution in [0.1, 0.15) is 12.8 Å². The van der Waals surface area contributed by atoms with E-state index in [-0.39, 0.29) is 11.9 Å². The summed E-state index contributed by atoms with van der Waals surface area (Å²) in [6.45, 7) is 4.33. The summed E-state index contributed by atoms with van der Waals surface area (Å²) in [5.74, 6) is 1.15. The van der Waals surface area contributed by atoms with E-state index < -0.39 is 0 Å². The average molecular weight is 289 g/mol. The van der Waals surface area contributed by atoms with Gasteiger partial charge < -0.3 is 19.9 Å². The molecule has 0 saturated carbocycles. The summed E-state index contributed by atoms with van der Waals surface area (Å²) in [5.41, 5.74) is 1.17. The summed E-state index contributed by atoms with van der Waals surface area (Å²) < 4.78 is 5.27. The number of hydrogen-bond acceptors (Lipinski definition) is 4. The number of anilines is 1. The number of methoxy groups -OCH3 is 1. The van der Waals surface area contributed by atoms with Gasteiger partial charge in [0.1, 0.15) is 5.75 Å². The Bertz CT molecular complexity index is 492. The molecule has 2 aliphatic rings. The molecule has 5 nitrogen and oxygen atoms in total. The second kappa shape index (κ2) is 6.35. The zero-order chi connectivity index (χ0) is 14.7. The van der Waals surface area contributed by atoms with Crippen molar-refractivity contribution in [3.05, 3.63) is 24.3 Å². The fourth-order valence-corrected chi connectivity index (χ4v) is 3.11. The number of nitrogens with one attached hydrogen (secondary N) is 1. The van der Waals surface area contributed by atoms with Crippen LogP contribution in [0.3, 0.4) is 0 Å². The minimum absolute atomic E-state index is 0.0494. The number of hydrogen-bond donors (Lipinski definition) is 1. The van der Waals surface area contributed by atoms with Crippen LogP contribution in [0.5, 0.6) is 5.75 Å². The number of piperazine rings is 1. The minimum atomic E-state index is 0.0494. The van der Waals surface area contributed by atoms with Crippen LogP contribution in [0, 0.1) is 0 Å². The Morgan fingerprint density at radius 2 is 2.10 bits per heavy atom. The van der Waals surface area contributed by atoms with Gasteiger partial charge in [-0.15, -0.1) is 0 Å². The fourth-order valence-electron chi connectivity index (χ4n) is 3.11. The number of benzene rings is 1. The van der Waals surface area contributed by atoms with Crippen molar-refractivity contribution < 1.29 is 9.53 Å². The van der Waals surface area contributed by atoms with Crippen molar-refractivity contribution in [3.8, 4) is 5.75 Å². The van der Waals surface area contributed by atoms with Gasteiger partial charge in [-0.05, 0) is 31.5 Å². The molecule has 1 N–H and O–H groups in total. The largest absolute Gasteiger partial charge is 0.497 e. The molecular weight excluding hydrogens is 266 g/mol. The lowest BCUT2D eigenvalue weighted by Gasteiger charge is -2.37. The molecule has 0 spiro atoms. The maximum absolute atomic E-state index is 12.4. The lowest BCUT2D eigenvalue weighted by molar-refractivity contribution is -0.133. The quantitative estimate of drug-likeness (QED) is 0.905. The highest BCUT2D eigenvalue weighted by Gasteiger charge is 2.29. The molecular formula is C16H23N3O2. The normalized spacial score (nSPS) is 22.4. The number of amides is 1. The van der Waals surface area contributed by atoms with E-state index in [0.29, 0.717) is 0 Å². The molecule has 2 saturated heterocycles. The lowest BCUT2D eigenvalue weighted by Crippen LogP contribution is -2.53. The second-order valence-corrected chi connectivity index (χ2v) is 5.66. The van der Waals surface area contributed by atoms with Crippen molar-refractivity contribution in [2.24, 2.45) is 0 Å². The van der Waals surface area contributed by atoms with Gasteiger partial charge in [-0.25, -0.2) is 0 Å². The molecule has 1 aromatic carbocycles. The first-order valence-electron chi connectivity index (χ1n) is 7.69. The molecule has 2 aliphatic heterocycles. The summed E-state index contributed by atoms with van der Waals surface area (Å²) in [6.07, 6.45) is 2.09. The molecule has 0 radical (unpaired) electrons.